The van der Waals surface area contributed by atoms with Gasteiger partial charge < -0.3 is 10.2 Å². The Balaban J connectivity index is 1.76. The zero-order chi connectivity index (χ0) is 14.1. The molecule has 1 aromatic rings. The van der Waals surface area contributed by atoms with Gasteiger partial charge in [0.25, 0.3) is 0 Å². The monoisotopic (exact) mass is 336 g/mol. The van der Waals surface area contributed by atoms with Crippen LogP contribution in [0.4, 0.5) is 5.69 Å². The highest BCUT2D eigenvalue weighted by atomic mass is 79.9. The number of anilines is 1. The number of fused-ring (bicyclic) bond motifs is 2. The van der Waals surface area contributed by atoms with Crippen molar-refractivity contribution in [2.24, 2.45) is 5.92 Å². The van der Waals surface area contributed by atoms with Gasteiger partial charge in [-0.25, -0.2) is 0 Å². The van der Waals surface area contributed by atoms with Gasteiger partial charge in [-0.2, -0.15) is 0 Å². The summed E-state index contributed by atoms with van der Waals surface area (Å²) in [6.07, 6.45) is 6.88. The van der Waals surface area contributed by atoms with Crippen molar-refractivity contribution in [1.29, 1.82) is 0 Å². The van der Waals surface area contributed by atoms with E-state index in [1.807, 2.05) is 0 Å². The summed E-state index contributed by atoms with van der Waals surface area (Å²) in [5.74, 6) is 0.923. The Morgan fingerprint density at radius 1 is 1.25 bits per heavy atom. The smallest absolute Gasteiger partial charge is 0.0401 e. The fourth-order valence-electron chi connectivity index (χ4n) is 4.18. The highest BCUT2D eigenvalue weighted by molar-refractivity contribution is 9.10. The first-order chi connectivity index (χ1) is 9.69. The summed E-state index contributed by atoms with van der Waals surface area (Å²) in [6, 6.07) is 8.29. The van der Waals surface area contributed by atoms with Gasteiger partial charge in [-0.05, 0) is 82.3 Å². The summed E-state index contributed by atoms with van der Waals surface area (Å²) in [7, 11) is 2.06. The molecule has 0 saturated carbocycles. The summed E-state index contributed by atoms with van der Waals surface area (Å²) in [5.41, 5.74) is 2.87. The number of hydrogen-bond donors (Lipinski definition) is 1. The predicted molar refractivity (Wildman–Crippen MR) is 89.4 cm³/mol. The Morgan fingerprint density at radius 2 is 1.95 bits per heavy atom. The fourth-order valence-corrected chi connectivity index (χ4v) is 4.65. The van der Waals surface area contributed by atoms with Gasteiger partial charge in [0.2, 0.25) is 0 Å². The molecule has 2 aliphatic heterocycles. The molecule has 2 heterocycles. The van der Waals surface area contributed by atoms with Crippen LogP contribution in [-0.4, -0.2) is 25.7 Å². The van der Waals surface area contributed by atoms with Gasteiger partial charge in [0, 0.05) is 22.2 Å². The SMILES string of the molecule is CNCCC1CC2CCC(C1)N2c1ccc(Br)cc1C. The molecule has 2 fully saturated rings. The molecule has 110 valence electrons. The lowest BCUT2D eigenvalue weighted by Crippen LogP contribution is -2.43. The van der Waals surface area contributed by atoms with Crippen LogP contribution in [0, 0.1) is 12.8 Å². The van der Waals surface area contributed by atoms with E-state index in [4.69, 9.17) is 0 Å². The Hall–Kier alpha value is -0.540. The molecule has 2 saturated heterocycles. The molecule has 2 unspecified atom stereocenters. The molecule has 2 nitrogen and oxygen atoms in total. The van der Waals surface area contributed by atoms with Gasteiger partial charge in [0.15, 0.2) is 0 Å². The normalized spacial score (nSPS) is 28.9. The number of benzene rings is 1. The number of aryl methyl sites for hydroxylation is 1. The van der Waals surface area contributed by atoms with Gasteiger partial charge in [0.05, 0.1) is 0 Å². The predicted octanol–water partition coefficient (Wildman–Crippen LogP) is 4.11. The molecule has 1 N–H and O–H groups in total. The first-order valence-corrected chi connectivity index (χ1v) is 8.67. The van der Waals surface area contributed by atoms with Crippen LogP contribution in [0.3, 0.4) is 0 Å². The summed E-state index contributed by atoms with van der Waals surface area (Å²) in [6.45, 7) is 3.41. The highest BCUT2D eigenvalue weighted by Gasteiger charge is 2.40. The third kappa shape index (κ3) is 2.75. The molecule has 3 heteroatoms. The molecule has 2 aliphatic rings. The average Bonchev–Trinajstić information content (AvgIpc) is 2.68. The molecular weight excluding hydrogens is 312 g/mol. The maximum absolute atomic E-state index is 3.58. The number of halogens is 1. The molecule has 0 radical (unpaired) electrons. The average molecular weight is 337 g/mol. The van der Waals surface area contributed by atoms with Gasteiger partial charge in [-0.15, -0.1) is 0 Å². The maximum Gasteiger partial charge on any atom is 0.0401 e. The number of rotatable bonds is 4. The van der Waals surface area contributed by atoms with Crippen LogP contribution in [0.1, 0.15) is 37.7 Å². The van der Waals surface area contributed by atoms with E-state index in [0.29, 0.717) is 0 Å². The Labute approximate surface area is 131 Å². The molecule has 2 atom stereocenters. The Bertz CT molecular complexity index is 460. The quantitative estimate of drug-likeness (QED) is 0.889. The van der Waals surface area contributed by atoms with Gasteiger partial charge in [0.1, 0.15) is 0 Å². The van der Waals surface area contributed by atoms with Crippen molar-refractivity contribution in [2.75, 3.05) is 18.5 Å². The van der Waals surface area contributed by atoms with Crippen molar-refractivity contribution in [2.45, 2.75) is 51.1 Å². The van der Waals surface area contributed by atoms with Crippen molar-refractivity contribution in [1.82, 2.24) is 5.32 Å². The lowest BCUT2D eigenvalue weighted by Gasteiger charge is -2.41. The van der Waals surface area contributed by atoms with Crippen LogP contribution in [0.5, 0.6) is 0 Å². The summed E-state index contributed by atoms with van der Waals surface area (Å²) in [4.78, 5) is 2.73. The molecule has 2 bridgehead atoms. The first kappa shape index (κ1) is 14.4. The maximum atomic E-state index is 3.58. The zero-order valence-corrected chi connectivity index (χ0v) is 14.1. The van der Waals surface area contributed by atoms with E-state index in [-0.39, 0.29) is 0 Å². The van der Waals surface area contributed by atoms with Crippen LogP contribution in [0.15, 0.2) is 22.7 Å². The number of nitrogens with one attached hydrogen (secondary N) is 1. The molecular formula is C17H25BrN2. The third-order valence-corrected chi connectivity index (χ3v) is 5.56. The molecule has 0 amide bonds. The molecule has 0 aliphatic carbocycles. The van der Waals surface area contributed by atoms with Gasteiger partial charge >= 0.3 is 0 Å². The lowest BCUT2D eigenvalue weighted by atomic mass is 9.87. The van der Waals surface area contributed by atoms with E-state index in [2.05, 4.69) is 58.3 Å². The van der Waals surface area contributed by atoms with Crippen molar-refractivity contribution < 1.29 is 0 Å². The fraction of sp³-hybridized carbons (Fsp3) is 0.647. The second-order valence-electron chi connectivity index (χ2n) is 6.45. The topological polar surface area (TPSA) is 15.3 Å². The van der Waals surface area contributed by atoms with Crippen LogP contribution in [0.2, 0.25) is 0 Å². The van der Waals surface area contributed by atoms with E-state index in [1.54, 1.807) is 0 Å². The number of piperidine rings is 1. The van der Waals surface area contributed by atoms with Crippen molar-refractivity contribution in [3.8, 4) is 0 Å². The lowest BCUT2D eigenvalue weighted by molar-refractivity contribution is 0.320. The van der Waals surface area contributed by atoms with Crippen molar-refractivity contribution >= 4 is 21.6 Å². The van der Waals surface area contributed by atoms with E-state index in [0.717, 1.165) is 18.0 Å². The molecule has 1 aromatic carbocycles. The van der Waals surface area contributed by atoms with Crippen LogP contribution in [0.25, 0.3) is 0 Å². The minimum absolute atomic E-state index is 0.774. The summed E-state index contributed by atoms with van der Waals surface area (Å²) < 4.78 is 1.19. The number of nitrogens with zero attached hydrogens (tertiary/aromatic N) is 1. The largest absolute Gasteiger partial charge is 0.365 e. The standard InChI is InChI=1S/C17H25BrN2/c1-12-9-14(18)3-6-17(12)20-15-4-5-16(20)11-13(10-15)7-8-19-2/h3,6,9,13,15-16,19H,4-5,7-8,10-11H2,1-2H3. The van der Waals surface area contributed by atoms with Crippen LogP contribution in [-0.2, 0) is 0 Å². The second kappa shape index (κ2) is 6.07. The van der Waals surface area contributed by atoms with Crippen LogP contribution < -0.4 is 10.2 Å². The van der Waals surface area contributed by atoms with E-state index >= 15 is 0 Å². The van der Waals surface area contributed by atoms with E-state index in [9.17, 15) is 0 Å². The Morgan fingerprint density at radius 3 is 2.55 bits per heavy atom. The second-order valence-corrected chi connectivity index (χ2v) is 7.37. The van der Waals surface area contributed by atoms with E-state index in [1.165, 1.54) is 54.4 Å². The third-order valence-electron chi connectivity index (χ3n) is 5.07. The highest BCUT2D eigenvalue weighted by Crippen LogP contribution is 2.43. The van der Waals surface area contributed by atoms with Crippen molar-refractivity contribution in [3.05, 3.63) is 28.2 Å². The Kier molecular flexibility index (Phi) is 4.37. The van der Waals surface area contributed by atoms with Crippen molar-refractivity contribution in [3.63, 3.8) is 0 Å². The molecule has 20 heavy (non-hydrogen) atoms. The van der Waals surface area contributed by atoms with E-state index < -0.39 is 0 Å². The summed E-state index contributed by atoms with van der Waals surface area (Å²) >= 11 is 3.58. The number of hydrogen-bond acceptors (Lipinski definition) is 2. The zero-order valence-electron chi connectivity index (χ0n) is 12.5. The minimum Gasteiger partial charge on any atom is -0.365 e. The molecule has 0 aromatic heterocycles. The van der Waals surface area contributed by atoms with Gasteiger partial charge in [-0.1, -0.05) is 15.9 Å². The van der Waals surface area contributed by atoms with Gasteiger partial charge in [-0.3, -0.25) is 0 Å². The van der Waals surface area contributed by atoms with Crippen LogP contribution >= 0.6 is 15.9 Å². The molecule has 0 spiro atoms. The summed E-state index contributed by atoms with van der Waals surface area (Å²) in [5, 5.41) is 3.30. The minimum atomic E-state index is 0.774. The first-order valence-electron chi connectivity index (χ1n) is 7.88. The molecule has 3 rings (SSSR count).